The highest BCUT2D eigenvalue weighted by atomic mass is 16.5. The summed E-state index contributed by atoms with van der Waals surface area (Å²) in [7, 11) is 3.36. The van der Waals surface area contributed by atoms with Gasteiger partial charge in [0.1, 0.15) is 11.5 Å². The monoisotopic (exact) mass is 394 g/mol. The fourth-order valence-electron chi connectivity index (χ4n) is 3.77. The van der Waals surface area contributed by atoms with Crippen LogP contribution in [0, 0.1) is 0 Å². The lowest BCUT2D eigenvalue weighted by Gasteiger charge is -2.26. The van der Waals surface area contributed by atoms with Crippen LogP contribution in [0.5, 0.6) is 11.5 Å². The van der Waals surface area contributed by atoms with Crippen molar-refractivity contribution in [2.75, 3.05) is 14.2 Å². The predicted molar refractivity (Wildman–Crippen MR) is 118 cm³/mol. The van der Waals surface area contributed by atoms with Crippen LogP contribution in [0.4, 0.5) is 0 Å². The second-order valence-corrected chi connectivity index (χ2v) is 8.32. The number of rotatable bonds is 6. The highest BCUT2D eigenvalue weighted by molar-refractivity contribution is 5.95. The third-order valence-electron chi connectivity index (χ3n) is 5.21. The topological polar surface area (TPSA) is 53.4 Å². The molecule has 3 rings (SSSR count). The van der Waals surface area contributed by atoms with Gasteiger partial charge < -0.3 is 14.0 Å². The summed E-state index contributed by atoms with van der Waals surface area (Å²) < 4.78 is 13.3. The van der Waals surface area contributed by atoms with Gasteiger partial charge in [0.25, 0.3) is 5.56 Å². The first-order valence-electron chi connectivity index (χ1n) is 10.1. The van der Waals surface area contributed by atoms with Crippen LogP contribution in [0.2, 0.25) is 0 Å². The minimum atomic E-state index is -0.138. The Morgan fingerprint density at radius 1 is 1.07 bits per heavy atom. The first kappa shape index (κ1) is 20.9. The number of ether oxygens (including phenoxy) is 2. The number of unbranched alkanes of at least 4 members (excludes halogenated alkanes) is 1. The number of hydrogen-bond donors (Lipinski definition) is 0. The van der Waals surface area contributed by atoms with E-state index in [0.29, 0.717) is 11.9 Å². The van der Waals surface area contributed by atoms with Crippen molar-refractivity contribution < 1.29 is 9.47 Å². The summed E-state index contributed by atoms with van der Waals surface area (Å²) in [5.41, 5.74) is 2.80. The van der Waals surface area contributed by atoms with Gasteiger partial charge in [0.2, 0.25) is 0 Å². The summed E-state index contributed by atoms with van der Waals surface area (Å²) in [6, 6.07) is 5.97. The molecule has 5 heteroatoms. The van der Waals surface area contributed by atoms with Crippen LogP contribution < -0.4 is 15.0 Å². The van der Waals surface area contributed by atoms with Crippen molar-refractivity contribution in [2.24, 2.45) is 0 Å². The smallest absolute Gasteiger partial charge is 0.260 e. The molecule has 0 amide bonds. The Bertz CT molecular complexity index is 1050. The molecule has 0 radical (unpaired) electrons. The maximum absolute atomic E-state index is 12.9. The molecule has 0 spiro atoms. The van der Waals surface area contributed by atoms with Crippen molar-refractivity contribution in [1.82, 2.24) is 9.55 Å². The van der Waals surface area contributed by atoms with Gasteiger partial charge in [0.05, 0.1) is 19.6 Å². The van der Waals surface area contributed by atoms with E-state index in [1.807, 2.05) is 24.4 Å². The first-order chi connectivity index (χ1) is 13.8. The van der Waals surface area contributed by atoms with Crippen LogP contribution in [0.25, 0.3) is 21.9 Å². The van der Waals surface area contributed by atoms with E-state index in [9.17, 15) is 4.79 Å². The molecule has 0 aliphatic rings. The van der Waals surface area contributed by atoms with Crippen LogP contribution in [0.15, 0.2) is 41.6 Å². The second-order valence-electron chi connectivity index (χ2n) is 8.32. The van der Waals surface area contributed by atoms with Gasteiger partial charge in [0, 0.05) is 36.3 Å². The lowest BCUT2D eigenvalue weighted by atomic mass is 9.84. The maximum atomic E-state index is 12.9. The minimum Gasteiger partial charge on any atom is -0.496 e. The molecule has 154 valence electrons. The van der Waals surface area contributed by atoms with E-state index in [2.05, 4.69) is 32.7 Å². The van der Waals surface area contributed by atoms with Gasteiger partial charge >= 0.3 is 0 Å². The van der Waals surface area contributed by atoms with Gasteiger partial charge in [-0.05, 0) is 41.0 Å². The third kappa shape index (κ3) is 4.00. The van der Waals surface area contributed by atoms with Crippen molar-refractivity contribution in [2.45, 2.75) is 52.5 Å². The molecule has 2 heterocycles. The zero-order valence-corrected chi connectivity index (χ0v) is 18.2. The second kappa shape index (κ2) is 8.27. The molecule has 0 saturated heterocycles. The number of aryl methyl sites for hydroxylation is 1. The molecule has 2 aromatic heterocycles. The van der Waals surface area contributed by atoms with Gasteiger partial charge in [-0.25, -0.2) is 0 Å². The fourth-order valence-corrected chi connectivity index (χ4v) is 3.77. The zero-order chi connectivity index (χ0) is 21.2. The normalized spacial score (nSPS) is 11.7. The molecule has 0 aliphatic heterocycles. The number of fused-ring (bicyclic) bond motifs is 1. The largest absolute Gasteiger partial charge is 0.496 e. The summed E-state index contributed by atoms with van der Waals surface area (Å²) in [6.45, 7) is 9.22. The lowest BCUT2D eigenvalue weighted by molar-refractivity contribution is 0.368. The van der Waals surface area contributed by atoms with Crippen LogP contribution in [0.1, 0.15) is 46.1 Å². The van der Waals surface area contributed by atoms with E-state index in [1.54, 1.807) is 31.2 Å². The highest BCUT2D eigenvalue weighted by Gasteiger charge is 2.25. The van der Waals surface area contributed by atoms with Crippen LogP contribution in [-0.4, -0.2) is 23.8 Å². The molecule has 5 nitrogen and oxygen atoms in total. The SMILES string of the molecule is CCCCn1cc(-c2cc(OC)c(C(C)(C)C)c(OC)c2)c2ccncc2c1=O. The van der Waals surface area contributed by atoms with Crippen molar-refractivity contribution in [3.8, 4) is 22.6 Å². The Morgan fingerprint density at radius 2 is 1.72 bits per heavy atom. The van der Waals surface area contributed by atoms with Crippen molar-refractivity contribution >= 4 is 10.8 Å². The van der Waals surface area contributed by atoms with Gasteiger partial charge in [-0.1, -0.05) is 34.1 Å². The van der Waals surface area contributed by atoms with Gasteiger partial charge in [0.15, 0.2) is 0 Å². The van der Waals surface area contributed by atoms with E-state index >= 15 is 0 Å². The molecule has 0 unspecified atom stereocenters. The molecule has 0 N–H and O–H groups in total. The Morgan fingerprint density at radius 3 is 2.28 bits per heavy atom. The number of aromatic nitrogens is 2. The van der Waals surface area contributed by atoms with Crippen LogP contribution in [0.3, 0.4) is 0 Å². The predicted octanol–water partition coefficient (Wildman–Crippen LogP) is 5.18. The summed E-state index contributed by atoms with van der Waals surface area (Å²) >= 11 is 0. The highest BCUT2D eigenvalue weighted by Crippen LogP contribution is 2.42. The molecule has 3 aromatic rings. The summed E-state index contributed by atoms with van der Waals surface area (Å²) in [5.74, 6) is 1.56. The molecule has 0 saturated carbocycles. The summed E-state index contributed by atoms with van der Waals surface area (Å²) in [5, 5.41) is 1.50. The molecular weight excluding hydrogens is 364 g/mol. The van der Waals surface area contributed by atoms with E-state index < -0.39 is 0 Å². The van der Waals surface area contributed by atoms with E-state index in [-0.39, 0.29) is 11.0 Å². The number of benzene rings is 1. The molecule has 0 atom stereocenters. The average molecular weight is 395 g/mol. The van der Waals surface area contributed by atoms with Gasteiger partial charge in [-0.3, -0.25) is 9.78 Å². The summed E-state index contributed by atoms with van der Waals surface area (Å²) in [4.78, 5) is 17.1. The Kier molecular flexibility index (Phi) is 5.96. The van der Waals surface area contributed by atoms with Gasteiger partial charge in [-0.15, -0.1) is 0 Å². The van der Waals surface area contributed by atoms with Crippen molar-refractivity contribution in [3.63, 3.8) is 0 Å². The third-order valence-corrected chi connectivity index (χ3v) is 5.21. The lowest BCUT2D eigenvalue weighted by Crippen LogP contribution is -2.20. The Hall–Kier alpha value is -2.82. The molecule has 0 aliphatic carbocycles. The molecule has 0 fully saturated rings. The number of nitrogens with zero attached hydrogens (tertiary/aromatic N) is 2. The number of hydrogen-bond acceptors (Lipinski definition) is 4. The van der Waals surface area contributed by atoms with Crippen LogP contribution >= 0.6 is 0 Å². The Labute approximate surface area is 172 Å². The van der Waals surface area contributed by atoms with Crippen molar-refractivity contribution in [3.05, 3.63) is 52.7 Å². The Balaban J connectivity index is 2.33. The first-order valence-corrected chi connectivity index (χ1v) is 10.1. The quantitative estimate of drug-likeness (QED) is 0.578. The molecule has 0 bridgehead atoms. The zero-order valence-electron chi connectivity index (χ0n) is 18.2. The average Bonchev–Trinajstić information content (AvgIpc) is 2.71. The fraction of sp³-hybridized carbons (Fsp3) is 0.417. The minimum absolute atomic E-state index is 0.00413. The van der Waals surface area contributed by atoms with Crippen molar-refractivity contribution in [1.29, 1.82) is 0 Å². The molecular formula is C24H30N2O3. The summed E-state index contributed by atoms with van der Waals surface area (Å²) in [6.07, 6.45) is 7.29. The van der Waals surface area contributed by atoms with E-state index in [4.69, 9.17) is 9.47 Å². The van der Waals surface area contributed by atoms with Crippen LogP contribution in [-0.2, 0) is 12.0 Å². The number of methoxy groups -OCH3 is 2. The standard InChI is InChI=1S/C24H30N2O3/c1-7-8-11-26-15-19(17-9-10-25-14-18(17)23(26)27)16-12-20(28-5)22(24(2,3)4)21(13-16)29-6/h9-10,12-15H,7-8,11H2,1-6H3. The molecule has 29 heavy (non-hydrogen) atoms. The number of pyridine rings is 2. The van der Waals surface area contributed by atoms with E-state index in [0.717, 1.165) is 46.4 Å². The molecule has 1 aromatic carbocycles. The maximum Gasteiger partial charge on any atom is 0.260 e. The van der Waals surface area contributed by atoms with E-state index in [1.165, 1.54) is 0 Å². The van der Waals surface area contributed by atoms with Gasteiger partial charge in [-0.2, -0.15) is 0 Å².